The predicted molar refractivity (Wildman–Crippen MR) is 73.5 cm³/mol. The molecule has 0 bridgehead atoms. The molecule has 0 saturated carbocycles. The SMILES string of the molecule is COCC1(C(=O)NCCC(C)(C)C)CCNCC1. The summed E-state index contributed by atoms with van der Waals surface area (Å²) >= 11 is 0. The third-order valence-electron chi connectivity index (χ3n) is 3.62. The van der Waals surface area contributed by atoms with Gasteiger partial charge >= 0.3 is 0 Å². The van der Waals surface area contributed by atoms with Gasteiger partial charge in [0.05, 0.1) is 12.0 Å². The average Bonchev–Trinajstić information content (AvgIpc) is 2.29. The maximum absolute atomic E-state index is 12.4. The number of carbonyl (C=O) groups excluding carboxylic acids is 1. The Labute approximate surface area is 111 Å². The average molecular weight is 256 g/mol. The van der Waals surface area contributed by atoms with Gasteiger partial charge in [-0.3, -0.25) is 4.79 Å². The fourth-order valence-electron chi connectivity index (χ4n) is 2.36. The van der Waals surface area contributed by atoms with Gasteiger partial charge in [0, 0.05) is 13.7 Å². The van der Waals surface area contributed by atoms with Gasteiger partial charge in [0.2, 0.25) is 5.91 Å². The molecule has 1 aliphatic rings. The van der Waals surface area contributed by atoms with Crippen LogP contribution in [0.1, 0.15) is 40.0 Å². The number of hydrogen-bond acceptors (Lipinski definition) is 3. The lowest BCUT2D eigenvalue weighted by molar-refractivity contribution is -0.136. The second kappa shape index (κ2) is 6.53. The van der Waals surface area contributed by atoms with Crippen LogP contribution in [0.15, 0.2) is 0 Å². The summed E-state index contributed by atoms with van der Waals surface area (Å²) in [4.78, 5) is 12.4. The topological polar surface area (TPSA) is 50.4 Å². The number of ether oxygens (including phenoxy) is 1. The highest BCUT2D eigenvalue weighted by Gasteiger charge is 2.39. The lowest BCUT2D eigenvalue weighted by Crippen LogP contribution is -2.50. The first-order valence-electron chi connectivity index (χ1n) is 6.88. The Morgan fingerprint density at radius 3 is 2.44 bits per heavy atom. The highest BCUT2D eigenvalue weighted by atomic mass is 16.5. The summed E-state index contributed by atoms with van der Waals surface area (Å²) < 4.78 is 5.26. The van der Waals surface area contributed by atoms with E-state index < -0.39 is 0 Å². The Hall–Kier alpha value is -0.610. The van der Waals surface area contributed by atoms with Crippen LogP contribution in [0.4, 0.5) is 0 Å². The van der Waals surface area contributed by atoms with Gasteiger partial charge in [-0.05, 0) is 37.8 Å². The van der Waals surface area contributed by atoms with E-state index in [0.717, 1.165) is 38.9 Å². The summed E-state index contributed by atoms with van der Waals surface area (Å²) in [7, 11) is 1.67. The molecule has 4 heteroatoms. The minimum Gasteiger partial charge on any atom is -0.384 e. The molecule has 0 spiro atoms. The molecule has 0 radical (unpaired) electrons. The molecule has 0 atom stereocenters. The van der Waals surface area contributed by atoms with Crippen LogP contribution in [0.3, 0.4) is 0 Å². The van der Waals surface area contributed by atoms with Crippen LogP contribution < -0.4 is 10.6 Å². The van der Waals surface area contributed by atoms with Gasteiger partial charge in [-0.1, -0.05) is 20.8 Å². The standard InChI is InChI=1S/C14H28N2O2/c1-13(2,3)5-10-16-12(17)14(11-18-4)6-8-15-9-7-14/h15H,5-11H2,1-4H3,(H,16,17). The van der Waals surface area contributed by atoms with Crippen LogP contribution >= 0.6 is 0 Å². The molecule has 4 nitrogen and oxygen atoms in total. The van der Waals surface area contributed by atoms with Crippen molar-refractivity contribution in [3.05, 3.63) is 0 Å². The summed E-state index contributed by atoms with van der Waals surface area (Å²) in [6.45, 7) is 9.64. The zero-order valence-corrected chi connectivity index (χ0v) is 12.3. The molecular formula is C14H28N2O2. The van der Waals surface area contributed by atoms with Crippen LogP contribution in [-0.4, -0.2) is 39.3 Å². The second-order valence-corrected chi connectivity index (χ2v) is 6.53. The largest absolute Gasteiger partial charge is 0.384 e. The Morgan fingerprint density at radius 1 is 1.33 bits per heavy atom. The third kappa shape index (κ3) is 4.58. The van der Waals surface area contributed by atoms with Crippen LogP contribution in [-0.2, 0) is 9.53 Å². The van der Waals surface area contributed by atoms with Crippen molar-refractivity contribution in [2.24, 2.45) is 10.8 Å². The van der Waals surface area contributed by atoms with E-state index in [1.807, 2.05) is 0 Å². The molecule has 2 N–H and O–H groups in total. The molecule has 1 fully saturated rings. The summed E-state index contributed by atoms with van der Waals surface area (Å²) in [5, 5.41) is 6.39. The van der Waals surface area contributed by atoms with Crippen molar-refractivity contribution in [1.29, 1.82) is 0 Å². The monoisotopic (exact) mass is 256 g/mol. The molecule has 106 valence electrons. The first kappa shape index (κ1) is 15.4. The fraction of sp³-hybridized carbons (Fsp3) is 0.929. The van der Waals surface area contributed by atoms with Crippen molar-refractivity contribution < 1.29 is 9.53 Å². The molecule has 0 unspecified atom stereocenters. The van der Waals surface area contributed by atoms with Crippen molar-refractivity contribution >= 4 is 5.91 Å². The number of methoxy groups -OCH3 is 1. The number of carbonyl (C=O) groups is 1. The Kier molecular flexibility index (Phi) is 5.60. The van der Waals surface area contributed by atoms with Crippen LogP contribution in [0.5, 0.6) is 0 Å². The Balaban J connectivity index is 2.49. The molecule has 0 aromatic rings. The third-order valence-corrected chi connectivity index (χ3v) is 3.62. The highest BCUT2D eigenvalue weighted by Crippen LogP contribution is 2.29. The van der Waals surface area contributed by atoms with Gasteiger partial charge in [-0.15, -0.1) is 0 Å². The molecular weight excluding hydrogens is 228 g/mol. The van der Waals surface area contributed by atoms with Gasteiger partial charge in [0.1, 0.15) is 0 Å². The van der Waals surface area contributed by atoms with Crippen molar-refractivity contribution in [3.8, 4) is 0 Å². The Bertz CT molecular complexity index is 260. The van der Waals surface area contributed by atoms with Gasteiger partial charge in [0.25, 0.3) is 0 Å². The van der Waals surface area contributed by atoms with Crippen molar-refractivity contribution in [2.75, 3.05) is 33.4 Å². The van der Waals surface area contributed by atoms with Gasteiger partial charge < -0.3 is 15.4 Å². The Morgan fingerprint density at radius 2 is 1.94 bits per heavy atom. The number of nitrogens with one attached hydrogen (secondary N) is 2. The van der Waals surface area contributed by atoms with Crippen LogP contribution in [0.25, 0.3) is 0 Å². The minimum atomic E-state index is -0.322. The van der Waals surface area contributed by atoms with E-state index in [1.165, 1.54) is 0 Å². The van der Waals surface area contributed by atoms with E-state index in [0.29, 0.717) is 6.61 Å². The summed E-state index contributed by atoms with van der Waals surface area (Å²) in [6, 6.07) is 0. The van der Waals surface area contributed by atoms with Gasteiger partial charge in [-0.2, -0.15) is 0 Å². The van der Waals surface area contributed by atoms with Crippen molar-refractivity contribution in [3.63, 3.8) is 0 Å². The number of piperidine rings is 1. The zero-order chi connectivity index (χ0) is 13.6. The molecule has 0 aromatic heterocycles. The molecule has 1 amide bonds. The first-order chi connectivity index (χ1) is 8.40. The summed E-state index contributed by atoms with van der Waals surface area (Å²) in [5.41, 5.74) is -0.0618. The van der Waals surface area contributed by atoms with E-state index in [2.05, 4.69) is 31.4 Å². The molecule has 1 aliphatic heterocycles. The maximum atomic E-state index is 12.4. The van der Waals surface area contributed by atoms with Crippen LogP contribution in [0, 0.1) is 10.8 Å². The number of amides is 1. The van der Waals surface area contributed by atoms with Crippen molar-refractivity contribution in [1.82, 2.24) is 10.6 Å². The maximum Gasteiger partial charge on any atom is 0.228 e. The lowest BCUT2D eigenvalue weighted by atomic mass is 9.78. The van der Waals surface area contributed by atoms with E-state index in [-0.39, 0.29) is 16.7 Å². The number of hydrogen-bond donors (Lipinski definition) is 2. The second-order valence-electron chi connectivity index (χ2n) is 6.53. The number of rotatable bonds is 5. The van der Waals surface area contributed by atoms with Gasteiger partial charge in [-0.25, -0.2) is 0 Å². The van der Waals surface area contributed by atoms with Gasteiger partial charge in [0.15, 0.2) is 0 Å². The summed E-state index contributed by atoms with van der Waals surface area (Å²) in [5.74, 6) is 0.162. The molecule has 1 saturated heterocycles. The molecule has 18 heavy (non-hydrogen) atoms. The highest BCUT2D eigenvalue weighted by molar-refractivity contribution is 5.83. The van der Waals surface area contributed by atoms with E-state index in [1.54, 1.807) is 7.11 Å². The predicted octanol–water partition coefficient (Wildman–Crippen LogP) is 1.55. The first-order valence-corrected chi connectivity index (χ1v) is 6.88. The normalized spacial score (nSPS) is 19.6. The lowest BCUT2D eigenvalue weighted by Gasteiger charge is -2.35. The van der Waals surface area contributed by atoms with E-state index in [9.17, 15) is 4.79 Å². The molecule has 1 heterocycles. The van der Waals surface area contributed by atoms with Crippen LogP contribution in [0.2, 0.25) is 0 Å². The fourth-order valence-corrected chi connectivity index (χ4v) is 2.36. The quantitative estimate of drug-likeness (QED) is 0.785. The zero-order valence-electron chi connectivity index (χ0n) is 12.3. The van der Waals surface area contributed by atoms with E-state index in [4.69, 9.17) is 4.74 Å². The summed E-state index contributed by atoms with van der Waals surface area (Å²) in [6.07, 6.45) is 2.73. The minimum absolute atomic E-state index is 0.162. The molecule has 1 rings (SSSR count). The van der Waals surface area contributed by atoms with E-state index >= 15 is 0 Å². The smallest absolute Gasteiger partial charge is 0.228 e. The molecule has 0 aliphatic carbocycles. The molecule has 0 aromatic carbocycles. The van der Waals surface area contributed by atoms with Crippen molar-refractivity contribution in [2.45, 2.75) is 40.0 Å².